The molecule has 5 N–H and O–H groups in total. The second-order valence-electron chi connectivity index (χ2n) is 6.05. The minimum atomic E-state index is -1.17. The van der Waals surface area contributed by atoms with Gasteiger partial charge < -0.3 is 10.8 Å². The molecular weight excluding hydrogens is 370 g/mol. The number of hydrogen-bond acceptors (Lipinski definition) is 8. The zero-order chi connectivity index (χ0) is 21.0. The minimum Gasteiger partial charge on any atom is -0.508 e. The molecule has 1 aromatic rings. The lowest BCUT2D eigenvalue weighted by molar-refractivity contribution is 0.0943. The van der Waals surface area contributed by atoms with E-state index in [1.54, 1.807) is 24.3 Å². The molecule has 0 radical (unpaired) electrons. The molecule has 140 valence electrons. The van der Waals surface area contributed by atoms with Crippen LogP contribution in [0.3, 0.4) is 0 Å². The van der Waals surface area contributed by atoms with E-state index in [4.69, 9.17) is 16.3 Å². The molecule has 0 fully saturated rings. The summed E-state index contributed by atoms with van der Waals surface area (Å²) in [5.74, 6) is -0.302. The van der Waals surface area contributed by atoms with Crippen molar-refractivity contribution in [2.45, 2.75) is 0 Å². The van der Waals surface area contributed by atoms with E-state index in [-0.39, 0.29) is 34.1 Å². The first-order valence-corrected chi connectivity index (χ1v) is 8.23. The molecule has 1 aliphatic heterocycles. The average molecular weight is 383 g/mol. The lowest BCUT2D eigenvalue weighted by atomic mass is 9.76. The predicted molar refractivity (Wildman–Crippen MR) is 102 cm³/mol. The fourth-order valence-corrected chi connectivity index (χ4v) is 2.88. The third-order valence-corrected chi connectivity index (χ3v) is 4.39. The first-order valence-electron chi connectivity index (χ1n) is 8.23. The van der Waals surface area contributed by atoms with Crippen molar-refractivity contribution in [3.8, 4) is 24.0 Å². The quantitative estimate of drug-likeness (QED) is 0.416. The maximum absolute atomic E-state index is 12.3. The molecular formula is C20H13N7O2. The van der Waals surface area contributed by atoms with Crippen LogP contribution in [0.15, 0.2) is 76.1 Å². The number of nitrogens with two attached hydrogens (primary N) is 1. The summed E-state index contributed by atoms with van der Waals surface area (Å²) in [7, 11) is 0. The highest BCUT2D eigenvalue weighted by Gasteiger charge is 2.43. The number of aliphatic imine (C=N–C) groups is 1. The molecule has 0 saturated carbocycles. The number of amidine groups is 1. The highest BCUT2D eigenvalue weighted by molar-refractivity contribution is 6.02. The van der Waals surface area contributed by atoms with Gasteiger partial charge >= 0.3 is 0 Å². The Morgan fingerprint density at radius 2 is 1.72 bits per heavy atom. The number of phenolic OH excluding ortho intramolecular Hbond substituents is 1. The summed E-state index contributed by atoms with van der Waals surface area (Å²) in [6.07, 6.45) is 6.20. The van der Waals surface area contributed by atoms with Gasteiger partial charge in [-0.05, 0) is 24.3 Å². The lowest BCUT2D eigenvalue weighted by Gasteiger charge is -2.27. The Kier molecular flexibility index (Phi) is 4.86. The molecule has 0 aromatic heterocycles. The number of hydrogen-bond donors (Lipinski definition) is 4. The largest absolute Gasteiger partial charge is 0.508 e. The number of carbonyl (C=O) groups is 1. The van der Waals surface area contributed by atoms with E-state index in [1.807, 2.05) is 6.07 Å². The van der Waals surface area contributed by atoms with Crippen LogP contribution in [0.4, 0.5) is 0 Å². The summed E-state index contributed by atoms with van der Waals surface area (Å²) < 4.78 is 0. The van der Waals surface area contributed by atoms with E-state index >= 15 is 0 Å². The van der Waals surface area contributed by atoms with Crippen LogP contribution in [0, 0.1) is 39.4 Å². The zero-order valence-electron chi connectivity index (χ0n) is 14.8. The standard InChI is InChI=1S/C20H13N7O2/c21-9-14(10-22)12-5-7-20(8-6-12)16(11-23)17(24)25-19(20)27-26-18(29)13-1-3-15(28)4-2-13/h1-8,28H,24H2,(H,25,27)(H,26,29). The van der Waals surface area contributed by atoms with Crippen molar-refractivity contribution >= 4 is 11.7 Å². The maximum atomic E-state index is 12.3. The van der Waals surface area contributed by atoms with Gasteiger partial charge in [-0.3, -0.25) is 15.6 Å². The summed E-state index contributed by atoms with van der Waals surface area (Å²) in [4.78, 5) is 16.4. The van der Waals surface area contributed by atoms with Crippen LogP contribution < -0.4 is 16.6 Å². The van der Waals surface area contributed by atoms with Gasteiger partial charge in [-0.2, -0.15) is 15.8 Å². The summed E-state index contributed by atoms with van der Waals surface area (Å²) in [6.45, 7) is 0. The van der Waals surface area contributed by atoms with Gasteiger partial charge in [-0.25, -0.2) is 4.99 Å². The molecule has 0 unspecified atom stereocenters. The summed E-state index contributed by atoms with van der Waals surface area (Å²) in [6, 6.07) is 11.2. The molecule has 0 bridgehead atoms. The van der Waals surface area contributed by atoms with Crippen molar-refractivity contribution in [1.29, 1.82) is 15.8 Å². The minimum absolute atomic E-state index is 0.0172. The van der Waals surface area contributed by atoms with E-state index in [0.717, 1.165) is 0 Å². The molecule has 29 heavy (non-hydrogen) atoms. The third-order valence-electron chi connectivity index (χ3n) is 4.39. The van der Waals surface area contributed by atoms with Gasteiger partial charge in [0.05, 0.1) is 5.57 Å². The molecule has 9 heteroatoms. The van der Waals surface area contributed by atoms with Crippen LogP contribution in [0.1, 0.15) is 10.4 Å². The van der Waals surface area contributed by atoms with E-state index in [1.165, 1.54) is 36.4 Å². The molecule has 0 saturated heterocycles. The fraction of sp³-hybridized carbons (Fsp3) is 0.0500. The van der Waals surface area contributed by atoms with Crippen molar-refractivity contribution < 1.29 is 9.90 Å². The van der Waals surface area contributed by atoms with E-state index in [9.17, 15) is 15.2 Å². The monoisotopic (exact) mass is 383 g/mol. The third kappa shape index (κ3) is 3.30. The number of phenols is 1. The zero-order valence-corrected chi connectivity index (χ0v) is 14.8. The Bertz CT molecular complexity index is 1130. The van der Waals surface area contributed by atoms with Crippen LogP contribution in [0.25, 0.3) is 0 Å². The van der Waals surface area contributed by atoms with Crippen molar-refractivity contribution in [3.63, 3.8) is 0 Å². The Morgan fingerprint density at radius 3 is 2.28 bits per heavy atom. The van der Waals surface area contributed by atoms with Gasteiger partial charge in [-0.1, -0.05) is 24.3 Å². The Balaban J connectivity index is 1.88. The van der Waals surface area contributed by atoms with Crippen LogP contribution in [-0.2, 0) is 0 Å². The summed E-state index contributed by atoms with van der Waals surface area (Å²) in [5, 5.41) is 36.9. The number of amides is 1. The first kappa shape index (κ1) is 19.0. The van der Waals surface area contributed by atoms with Crippen LogP contribution in [0.2, 0.25) is 0 Å². The highest BCUT2D eigenvalue weighted by Crippen LogP contribution is 2.41. The normalized spacial score (nSPS) is 19.2. The Hall–Kier alpha value is -4.81. The second kappa shape index (κ2) is 7.43. The van der Waals surface area contributed by atoms with Crippen molar-refractivity contribution in [2.75, 3.05) is 0 Å². The van der Waals surface area contributed by atoms with Gasteiger partial charge in [0.2, 0.25) is 0 Å². The highest BCUT2D eigenvalue weighted by atomic mass is 16.3. The number of nitrogens with one attached hydrogen (secondary N) is 2. The number of aromatic hydroxyl groups is 1. The van der Waals surface area contributed by atoms with Crippen molar-refractivity contribution in [2.24, 2.45) is 16.1 Å². The lowest BCUT2D eigenvalue weighted by Crippen LogP contribution is -2.48. The van der Waals surface area contributed by atoms with Crippen LogP contribution in [-0.4, -0.2) is 16.8 Å². The van der Waals surface area contributed by atoms with Gasteiger partial charge in [0.15, 0.2) is 0 Å². The number of nitrogens with zero attached hydrogens (tertiary/aromatic N) is 4. The van der Waals surface area contributed by atoms with Gasteiger partial charge in [-0.15, -0.1) is 0 Å². The number of carbonyl (C=O) groups excluding carboxylic acids is 1. The topological polar surface area (TPSA) is 171 Å². The Morgan fingerprint density at radius 1 is 1.10 bits per heavy atom. The molecule has 1 aliphatic carbocycles. The molecule has 1 spiro atoms. The number of benzene rings is 1. The molecule has 9 nitrogen and oxygen atoms in total. The first-order chi connectivity index (χ1) is 13.9. The van der Waals surface area contributed by atoms with E-state index in [2.05, 4.69) is 15.8 Å². The van der Waals surface area contributed by atoms with Gasteiger partial charge in [0, 0.05) is 11.1 Å². The summed E-state index contributed by atoms with van der Waals surface area (Å²) in [5.41, 5.74) is 10.6. The number of rotatable bonds is 1. The van der Waals surface area contributed by atoms with Crippen LogP contribution in [0.5, 0.6) is 5.75 Å². The number of allylic oxidation sites excluding steroid dienone is 4. The molecule has 2 aliphatic rings. The average Bonchev–Trinajstić information content (AvgIpc) is 2.99. The Labute approximate surface area is 165 Å². The molecule has 0 atom stereocenters. The molecule has 3 rings (SSSR count). The number of hydrazine groups is 1. The van der Waals surface area contributed by atoms with Gasteiger partial charge in [0.25, 0.3) is 5.91 Å². The fourth-order valence-electron chi connectivity index (χ4n) is 2.88. The van der Waals surface area contributed by atoms with Crippen LogP contribution >= 0.6 is 0 Å². The molecule has 1 heterocycles. The van der Waals surface area contributed by atoms with Crippen molar-refractivity contribution in [3.05, 3.63) is 76.7 Å². The van der Waals surface area contributed by atoms with Gasteiger partial charge in [0.1, 0.15) is 46.6 Å². The molecule has 1 amide bonds. The van der Waals surface area contributed by atoms with Crippen molar-refractivity contribution in [1.82, 2.24) is 10.9 Å². The summed E-state index contributed by atoms with van der Waals surface area (Å²) >= 11 is 0. The molecule has 1 aromatic carbocycles. The number of nitriles is 3. The van der Waals surface area contributed by atoms with E-state index < -0.39 is 11.3 Å². The van der Waals surface area contributed by atoms with E-state index in [0.29, 0.717) is 5.57 Å². The second-order valence-corrected chi connectivity index (χ2v) is 6.05. The predicted octanol–water partition coefficient (Wildman–Crippen LogP) is 1.19. The SMILES string of the molecule is N#CC(C#N)=C1C=CC2(C=C1)C(NNC(=O)c1ccc(O)cc1)=NC(N)=C2C#N. The maximum Gasteiger partial charge on any atom is 0.269 e. The smallest absolute Gasteiger partial charge is 0.269 e.